The van der Waals surface area contributed by atoms with Gasteiger partial charge >= 0.3 is 5.69 Å². The van der Waals surface area contributed by atoms with Crippen LogP contribution >= 0.6 is 0 Å². The zero-order valence-corrected chi connectivity index (χ0v) is 15.5. The van der Waals surface area contributed by atoms with Gasteiger partial charge in [-0.3, -0.25) is 9.55 Å². The fraction of sp³-hybridized carbons (Fsp3) is 0.450. The monoisotopic (exact) mass is 352 g/mol. The summed E-state index contributed by atoms with van der Waals surface area (Å²) in [7, 11) is 0. The predicted molar refractivity (Wildman–Crippen MR) is 100 cm³/mol. The number of ether oxygens (including phenoxy) is 1. The molecule has 1 saturated heterocycles. The number of rotatable bonds is 4. The molecule has 0 spiro atoms. The highest BCUT2D eigenvalue weighted by Crippen LogP contribution is 2.32. The summed E-state index contributed by atoms with van der Waals surface area (Å²) >= 11 is 0. The molecule has 4 rings (SSSR count). The van der Waals surface area contributed by atoms with E-state index in [-0.39, 0.29) is 11.8 Å². The summed E-state index contributed by atoms with van der Waals surface area (Å²) in [6.45, 7) is 7.86. The average Bonchev–Trinajstić information content (AvgIpc) is 3.18. The Bertz CT molecular complexity index is 1000. The van der Waals surface area contributed by atoms with Gasteiger partial charge in [0.05, 0.1) is 12.1 Å². The second-order valence-corrected chi connectivity index (χ2v) is 7.04. The van der Waals surface area contributed by atoms with Crippen LogP contribution in [0.15, 0.2) is 35.1 Å². The normalized spacial score (nSPS) is 20.1. The van der Waals surface area contributed by atoms with Crippen molar-refractivity contribution in [1.29, 1.82) is 0 Å². The van der Waals surface area contributed by atoms with Crippen molar-refractivity contribution in [2.75, 3.05) is 6.61 Å². The molecule has 0 aliphatic carbocycles. The lowest BCUT2D eigenvalue weighted by atomic mass is 10.0. The van der Waals surface area contributed by atoms with Crippen molar-refractivity contribution in [2.45, 2.75) is 46.4 Å². The number of aromatic nitrogens is 4. The van der Waals surface area contributed by atoms with E-state index < -0.39 is 0 Å². The molecule has 3 heterocycles. The van der Waals surface area contributed by atoms with Gasteiger partial charge in [-0.2, -0.15) is 5.10 Å². The van der Waals surface area contributed by atoms with Crippen LogP contribution in [0.25, 0.3) is 10.9 Å². The third kappa shape index (κ3) is 2.84. The molecule has 6 heteroatoms. The third-order valence-electron chi connectivity index (χ3n) is 5.16. The number of aryl methyl sites for hydroxylation is 1. The van der Waals surface area contributed by atoms with Gasteiger partial charge in [-0.05, 0) is 43.9 Å². The minimum Gasteiger partial charge on any atom is -0.370 e. The van der Waals surface area contributed by atoms with E-state index in [1.165, 1.54) is 0 Å². The summed E-state index contributed by atoms with van der Waals surface area (Å²) in [6.07, 6.45) is 0.906. The zero-order chi connectivity index (χ0) is 18.3. The predicted octanol–water partition coefficient (Wildman–Crippen LogP) is 3.07. The van der Waals surface area contributed by atoms with E-state index in [2.05, 4.69) is 17.0 Å². The minimum absolute atomic E-state index is 0.0799. The maximum atomic E-state index is 12.9. The van der Waals surface area contributed by atoms with Crippen molar-refractivity contribution >= 4 is 10.9 Å². The Morgan fingerprint density at radius 2 is 2.12 bits per heavy atom. The molecular weight excluding hydrogens is 328 g/mol. The molecule has 0 saturated carbocycles. The fourth-order valence-electron chi connectivity index (χ4n) is 3.78. The summed E-state index contributed by atoms with van der Waals surface area (Å²) in [5, 5.41) is 5.72. The van der Waals surface area contributed by atoms with Gasteiger partial charge in [0.2, 0.25) is 0 Å². The summed E-state index contributed by atoms with van der Waals surface area (Å²) in [6, 6.07) is 10.1. The first-order chi connectivity index (χ1) is 12.6. The van der Waals surface area contributed by atoms with Gasteiger partial charge in [0.15, 0.2) is 5.82 Å². The van der Waals surface area contributed by atoms with E-state index in [1.54, 1.807) is 9.25 Å². The molecular formula is C20H24N4O2. The highest BCUT2D eigenvalue weighted by Gasteiger charge is 2.31. The molecule has 0 N–H and O–H groups in total. The lowest BCUT2D eigenvalue weighted by molar-refractivity contribution is 0.0836. The number of fused-ring (bicyclic) bond motifs is 1. The maximum absolute atomic E-state index is 12.9. The molecule has 0 radical (unpaired) electrons. The largest absolute Gasteiger partial charge is 0.370 e. The molecule has 2 atom stereocenters. The van der Waals surface area contributed by atoms with Gasteiger partial charge in [0.25, 0.3) is 0 Å². The van der Waals surface area contributed by atoms with Crippen molar-refractivity contribution in [2.24, 2.45) is 5.92 Å². The fourth-order valence-corrected chi connectivity index (χ4v) is 3.78. The van der Waals surface area contributed by atoms with Crippen LogP contribution in [0.1, 0.15) is 43.5 Å². The molecule has 3 aromatic rings. The van der Waals surface area contributed by atoms with Crippen LogP contribution in [0, 0.1) is 12.8 Å². The van der Waals surface area contributed by atoms with Crippen LogP contribution in [-0.2, 0) is 17.8 Å². The topological polar surface area (TPSA) is 61.9 Å². The van der Waals surface area contributed by atoms with Crippen LogP contribution in [0.4, 0.5) is 0 Å². The van der Waals surface area contributed by atoms with Crippen LogP contribution in [0.2, 0.25) is 0 Å². The molecule has 6 nitrogen and oxygen atoms in total. The number of nitrogens with zero attached hydrogens (tertiary/aromatic N) is 4. The Morgan fingerprint density at radius 3 is 2.85 bits per heavy atom. The van der Waals surface area contributed by atoms with Crippen molar-refractivity contribution < 1.29 is 4.74 Å². The first-order valence-electron chi connectivity index (χ1n) is 9.23. The first-order valence-corrected chi connectivity index (χ1v) is 9.23. The molecule has 1 aliphatic heterocycles. The van der Waals surface area contributed by atoms with Crippen LogP contribution < -0.4 is 5.69 Å². The van der Waals surface area contributed by atoms with E-state index in [0.29, 0.717) is 19.0 Å². The van der Waals surface area contributed by atoms with Gasteiger partial charge in [0, 0.05) is 24.2 Å². The molecule has 0 unspecified atom stereocenters. The van der Waals surface area contributed by atoms with Crippen molar-refractivity contribution in [3.05, 3.63) is 57.9 Å². The van der Waals surface area contributed by atoms with E-state index in [4.69, 9.17) is 4.74 Å². The highest BCUT2D eigenvalue weighted by molar-refractivity contribution is 5.82. The van der Waals surface area contributed by atoms with Gasteiger partial charge in [-0.25, -0.2) is 9.48 Å². The number of benzene rings is 1. The quantitative estimate of drug-likeness (QED) is 0.724. The summed E-state index contributed by atoms with van der Waals surface area (Å²) in [5.41, 5.74) is 2.86. The van der Waals surface area contributed by atoms with Gasteiger partial charge < -0.3 is 4.74 Å². The first kappa shape index (κ1) is 17.0. The van der Waals surface area contributed by atoms with E-state index in [9.17, 15) is 4.79 Å². The lowest BCUT2D eigenvalue weighted by Crippen LogP contribution is -2.26. The number of hydrogen-bond acceptors (Lipinski definition) is 4. The highest BCUT2D eigenvalue weighted by atomic mass is 16.5. The summed E-state index contributed by atoms with van der Waals surface area (Å²) in [4.78, 5) is 17.5. The minimum atomic E-state index is -0.0974. The lowest BCUT2D eigenvalue weighted by Gasteiger charge is -2.13. The van der Waals surface area contributed by atoms with Crippen LogP contribution in [-0.4, -0.2) is 25.9 Å². The Balaban J connectivity index is 1.78. The second kappa shape index (κ2) is 6.68. The molecule has 26 heavy (non-hydrogen) atoms. The Labute approximate surface area is 152 Å². The van der Waals surface area contributed by atoms with Crippen LogP contribution in [0.3, 0.4) is 0 Å². The van der Waals surface area contributed by atoms with Gasteiger partial charge in [-0.15, -0.1) is 0 Å². The Kier molecular flexibility index (Phi) is 4.36. The van der Waals surface area contributed by atoms with Crippen molar-refractivity contribution in [1.82, 2.24) is 19.3 Å². The van der Waals surface area contributed by atoms with Gasteiger partial charge in [-0.1, -0.05) is 25.1 Å². The molecule has 136 valence electrons. The second-order valence-electron chi connectivity index (χ2n) is 7.04. The average molecular weight is 352 g/mol. The molecule has 1 fully saturated rings. The number of hydrogen-bond donors (Lipinski definition) is 0. The standard InChI is InChI=1S/C20H24N4O2/c1-4-23-19(18-13(2)9-10-26-18)22-24(20(23)25)12-15-11-14(3)21-17-8-6-5-7-16(15)17/h5-8,11,13,18H,4,9-10,12H2,1-3H3/t13-,18+/m1/s1. The Hall–Kier alpha value is -2.47. The molecule has 0 bridgehead atoms. The molecule has 1 aromatic carbocycles. The molecule has 1 aliphatic rings. The van der Waals surface area contributed by atoms with Gasteiger partial charge in [0.1, 0.15) is 6.10 Å². The SMILES string of the molecule is CCn1c([C@H]2OCC[C@H]2C)nn(Cc2cc(C)nc3ccccc23)c1=O. The number of para-hydroxylation sites is 1. The summed E-state index contributed by atoms with van der Waals surface area (Å²) < 4.78 is 9.16. The Morgan fingerprint density at radius 1 is 1.31 bits per heavy atom. The number of pyridine rings is 1. The molecule has 0 amide bonds. The summed E-state index contributed by atoms with van der Waals surface area (Å²) in [5.74, 6) is 1.12. The molecule has 2 aromatic heterocycles. The van der Waals surface area contributed by atoms with Crippen molar-refractivity contribution in [3.63, 3.8) is 0 Å². The smallest absolute Gasteiger partial charge is 0.346 e. The van der Waals surface area contributed by atoms with Crippen LogP contribution in [0.5, 0.6) is 0 Å². The van der Waals surface area contributed by atoms with E-state index >= 15 is 0 Å². The maximum Gasteiger partial charge on any atom is 0.346 e. The van der Waals surface area contributed by atoms with E-state index in [0.717, 1.165) is 41.0 Å². The van der Waals surface area contributed by atoms with E-state index in [1.807, 2.05) is 44.2 Å². The third-order valence-corrected chi connectivity index (χ3v) is 5.16. The zero-order valence-electron chi connectivity index (χ0n) is 15.5. The van der Waals surface area contributed by atoms with Crippen molar-refractivity contribution in [3.8, 4) is 0 Å².